The van der Waals surface area contributed by atoms with Crippen molar-refractivity contribution < 1.29 is 14.3 Å². The van der Waals surface area contributed by atoms with E-state index in [2.05, 4.69) is 11.4 Å². The van der Waals surface area contributed by atoms with Gasteiger partial charge in [0.25, 0.3) is 0 Å². The zero-order valence-corrected chi connectivity index (χ0v) is 13.7. The molecule has 0 saturated heterocycles. The number of carbonyl (C=O) groups is 1. The number of anilines is 1. The lowest BCUT2D eigenvalue weighted by molar-refractivity contribution is -0.116. The molecule has 1 aliphatic heterocycles. The maximum atomic E-state index is 12.2. The van der Waals surface area contributed by atoms with Gasteiger partial charge in [0.15, 0.2) is 0 Å². The van der Waals surface area contributed by atoms with Gasteiger partial charge in [-0.25, -0.2) is 0 Å². The van der Waals surface area contributed by atoms with Crippen molar-refractivity contribution in [2.24, 2.45) is 0 Å². The first-order valence-electron chi connectivity index (χ1n) is 7.54. The number of halogens is 1. The highest BCUT2D eigenvalue weighted by Gasteiger charge is 2.13. The van der Waals surface area contributed by atoms with Crippen LogP contribution in [0.15, 0.2) is 36.4 Å². The largest absolute Gasteiger partial charge is 0.495 e. The van der Waals surface area contributed by atoms with E-state index in [0.717, 1.165) is 24.3 Å². The topological polar surface area (TPSA) is 47.6 Å². The predicted molar refractivity (Wildman–Crippen MR) is 90.6 cm³/mol. The molecule has 0 atom stereocenters. The standard InChI is InChI=1S/C18H18ClNO3/c1-22-17-6-4-14(19)11-15(17)20-18(21)7-3-12-2-5-16-13(10-12)8-9-23-16/h2,4-6,10-11H,3,7-9H2,1H3,(H,20,21). The van der Waals surface area contributed by atoms with Crippen LogP contribution < -0.4 is 14.8 Å². The van der Waals surface area contributed by atoms with Crippen LogP contribution in [0.25, 0.3) is 0 Å². The van der Waals surface area contributed by atoms with E-state index in [4.69, 9.17) is 21.1 Å². The quantitative estimate of drug-likeness (QED) is 0.905. The molecule has 3 rings (SSSR count). The van der Waals surface area contributed by atoms with Gasteiger partial charge in [0, 0.05) is 17.9 Å². The summed E-state index contributed by atoms with van der Waals surface area (Å²) in [5.41, 5.74) is 2.95. The molecule has 4 nitrogen and oxygen atoms in total. The van der Waals surface area contributed by atoms with Gasteiger partial charge in [-0.1, -0.05) is 23.7 Å². The molecule has 0 unspecified atom stereocenters. The Morgan fingerprint density at radius 2 is 2.17 bits per heavy atom. The maximum Gasteiger partial charge on any atom is 0.224 e. The molecule has 2 aromatic rings. The molecule has 0 aromatic heterocycles. The molecule has 120 valence electrons. The molecule has 2 aromatic carbocycles. The fourth-order valence-electron chi connectivity index (χ4n) is 2.64. The Hall–Kier alpha value is -2.20. The summed E-state index contributed by atoms with van der Waals surface area (Å²) in [4.78, 5) is 12.2. The predicted octanol–water partition coefficient (Wildman–Crippen LogP) is 3.85. The summed E-state index contributed by atoms with van der Waals surface area (Å²) in [5.74, 6) is 1.49. The summed E-state index contributed by atoms with van der Waals surface area (Å²) in [6.07, 6.45) is 2.02. The highest BCUT2D eigenvalue weighted by atomic mass is 35.5. The van der Waals surface area contributed by atoms with Crippen molar-refractivity contribution in [1.29, 1.82) is 0 Å². The maximum absolute atomic E-state index is 12.2. The van der Waals surface area contributed by atoms with Crippen LogP contribution in [0, 0.1) is 0 Å². The fourth-order valence-corrected chi connectivity index (χ4v) is 2.82. The normalized spacial score (nSPS) is 12.4. The molecule has 1 heterocycles. The van der Waals surface area contributed by atoms with E-state index in [1.54, 1.807) is 25.3 Å². The fraction of sp³-hybridized carbons (Fsp3) is 0.278. The summed E-state index contributed by atoms with van der Waals surface area (Å²) in [6, 6.07) is 11.3. The Balaban J connectivity index is 1.61. The third-order valence-electron chi connectivity index (χ3n) is 3.83. The summed E-state index contributed by atoms with van der Waals surface area (Å²) in [7, 11) is 1.56. The van der Waals surface area contributed by atoms with Crippen LogP contribution in [-0.4, -0.2) is 19.6 Å². The van der Waals surface area contributed by atoms with Crippen LogP contribution in [-0.2, 0) is 17.6 Å². The monoisotopic (exact) mass is 331 g/mol. The van der Waals surface area contributed by atoms with E-state index in [1.807, 2.05) is 12.1 Å². The number of fused-ring (bicyclic) bond motifs is 1. The first kappa shape index (κ1) is 15.7. The summed E-state index contributed by atoms with van der Waals surface area (Å²) >= 11 is 5.97. The van der Waals surface area contributed by atoms with Crippen molar-refractivity contribution >= 4 is 23.2 Å². The van der Waals surface area contributed by atoms with Gasteiger partial charge in [-0.15, -0.1) is 0 Å². The Morgan fingerprint density at radius 3 is 3.00 bits per heavy atom. The third kappa shape index (κ3) is 3.77. The number of carbonyl (C=O) groups excluding carboxylic acids is 1. The van der Waals surface area contributed by atoms with Crippen LogP contribution >= 0.6 is 11.6 Å². The molecular formula is C18H18ClNO3. The molecule has 1 N–H and O–H groups in total. The zero-order chi connectivity index (χ0) is 16.2. The average Bonchev–Trinajstić information content (AvgIpc) is 3.01. The van der Waals surface area contributed by atoms with Gasteiger partial charge in [0.05, 0.1) is 19.4 Å². The molecule has 0 bridgehead atoms. The Bertz CT molecular complexity index is 730. The van der Waals surface area contributed by atoms with Gasteiger partial charge >= 0.3 is 0 Å². The van der Waals surface area contributed by atoms with Gasteiger partial charge in [-0.05, 0) is 41.8 Å². The minimum absolute atomic E-state index is 0.0673. The van der Waals surface area contributed by atoms with Gasteiger partial charge < -0.3 is 14.8 Å². The smallest absolute Gasteiger partial charge is 0.224 e. The second kappa shape index (κ2) is 6.92. The first-order valence-corrected chi connectivity index (χ1v) is 7.91. The molecule has 1 aliphatic rings. The molecule has 0 fully saturated rings. The minimum atomic E-state index is -0.0673. The van der Waals surface area contributed by atoms with E-state index in [1.165, 1.54) is 5.56 Å². The number of amides is 1. The number of nitrogens with one attached hydrogen (secondary N) is 1. The molecule has 0 saturated carbocycles. The third-order valence-corrected chi connectivity index (χ3v) is 4.07. The highest BCUT2D eigenvalue weighted by molar-refractivity contribution is 6.31. The van der Waals surface area contributed by atoms with Crippen molar-refractivity contribution in [1.82, 2.24) is 0 Å². The van der Waals surface area contributed by atoms with Crippen LogP contribution in [0.5, 0.6) is 11.5 Å². The number of benzene rings is 2. The van der Waals surface area contributed by atoms with Crippen molar-refractivity contribution in [3.05, 3.63) is 52.5 Å². The number of methoxy groups -OCH3 is 1. The number of aryl methyl sites for hydroxylation is 1. The minimum Gasteiger partial charge on any atom is -0.495 e. The molecular weight excluding hydrogens is 314 g/mol. The van der Waals surface area contributed by atoms with Crippen molar-refractivity contribution in [2.45, 2.75) is 19.3 Å². The molecule has 23 heavy (non-hydrogen) atoms. The van der Waals surface area contributed by atoms with Gasteiger partial charge in [-0.2, -0.15) is 0 Å². The number of rotatable bonds is 5. The Kier molecular flexibility index (Phi) is 4.72. The molecule has 0 aliphatic carbocycles. The van der Waals surface area contributed by atoms with Crippen molar-refractivity contribution in [2.75, 3.05) is 19.0 Å². The van der Waals surface area contributed by atoms with Gasteiger partial charge in [0.1, 0.15) is 11.5 Å². The average molecular weight is 332 g/mol. The first-order chi connectivity index (χ1) is 11.2. The van der Waals surface area contributed by atoms with E-state index >= 15 is 0 Å². The lowest BCUT2D eigenvalue weighted by Gasteiger charge is -2.10. The number of hydrogen-bond donors (Lipinski definition) is 1. The number of hydrogen-bond acceptors (Lipinski definition) is 3. The lowest BCUT2D eigenvalue weighted by Crippen LogP contribution is -2.13. The Morgan fingerprint density at radius 1 is 1.30 bits per heavy atom. The molecule has 0 spiro atoms. The highest BCUT2D eigenvalue weighted by Crippen LogP contribution is 2.28. The van der Waals surface area contributed by atoms with E-state index in [-0.39, 0.29) is 5.91 Å². The van der Waals surface area contributed by atoms with Gasteiger partial charge in [-0.3, -0.25) is 4.79 Å². The van der Waals surface area contributed by atoms with E-state index in [0.29, 0.717) is 29.3 Å². The molecule has 0 radical (unpaired) electrons. The molecule has 1 amide bonds. The van der Waals surface area contributed by atoms with Crippen molar-refractivity contribution in [3.63, 3.8) is 0 Å². The van der Waals surface area contributed by atoms with Gasteiger partial charge in [0.2, 0.25) is 5.91 Å². The van der Waals surface area contributed by atoms with E-state index in [9.17, 15) is 4.79 Å². The van der Waals surface area contributed by atoms with Crippen LogP contribution in [0.4, 0.5) is 5.69 Å². The second-order valence-corrected chi connectivity index (χ2v) is 5.87. The summed E-state index contributed by atoms with van der Waals surface area (Å²) < 4.78 is 10.7. The van der Waals surface area contributed by atoms with Crippen LogP contribution in [0.2, 0.25) is 5.02 Å². The van der Waals surface area contributed by atoms with Crippen molar-refractivity contribution in [3.8, 4) is 11.5 Å². The molecule has 5 heteroatoms. The van der Waals surface area contributed by atoms with Crippen LogP contribution in [0.3, 0.4) is 0 Å². The lowest BCUT2D eigenvalue weighted by atomic mass is 10.0. The Labute approximate surface area is 140 Å². The van der Waals surface area contributed by atoms with E-state index < -0.39 is 0 Å². The SMILES string of the molecule is COc1ccc(Cl)cc1NC(=O)CCc1ccc2c(c1)CCO2. The number of ether oxygens (including phenoxy) is 2. The zero-order valence-electron chi connectivity index (χ0n) is 12.9. The van der Waals surface area contributed by atoms with Crippen LogP contribution in [0.1, 0.15) is 17.5 Å². The second-order valence-electron chi connectivity index (χ2n) is 5.43. The summed E-state index contributed by atoms with van der Waals surface area (Å²) in [5, 5.41) is 3.41. The summed E-state index contributed by atoms with van der Waals surface area (Å²) in [6.45, 7) is 0.744.